The molecule has 1 saturated carbocycles. The second-order valence-electron chi connectivity index (χ2n) is 11.0. The van der Waals surface area contributed by atoms with E-state index in [1.165, 1.54) is 0 Å². The molecule has 6 rings (SSSR count). The number of ether oxygens (including phenoxy) is 1. The van der Waals surface area contributed by atoms with Gasteiger partial charge in [-0.2, -0.15) is 18.2 Å². The summed E-state index contributed by atoms with van der Waals surface area (Å²) in [5, 5.41) is 17.0. The molecule has 3 atom stereocenters. The molecular weight excluding hydrogens is 549 g/mol. The maximum absolute atomic E-state index is 16.5. The van der Waals surface area contributed by atoms with Gasteiger partial charge in [0.15, 0.2) is 5.82 Å². The summed E-state index contributed by atoms with van der Waals surface area (Å²) in [6.45, 7) is 4.79. The van der Waals surface area contributed by atoms with E-state index in [1.54, 1.807) is 6.92 Å². The van der Waals surface area contributed by atoms with Gasteiger partial charge < -0.3 is 31.1 Å². The molecule has 2 aromatic heterocycles. The normalized spacial score (nSPS) is 24.7. The molecule has 1 aromatic carbocycles. The molecule has 4 heterocycles. The standard InChI is InChI=1S/C27H30F5N7O2/c1-12-4-7-34-8-9-35-23-17-22(37-25(38-23)39-10-6-26(39)5-3-16(26)40)20(29)21(36-24(17)41-12)14-11-15(33)19(28)13(2)18(14)27(30,31)32/h11-12,16,34,40H,3-10,33H2,1-2H3,(H,35,37,38). The van der Waals surface area contributed by atoms with Gasteiger partial charge in [-0.25, -0.2) is 18.7 Å². The summed E-state index contributed by atoms with van der Waals surface area (Å²) in [5.41, 5.74) is 0.693. The Bertz CT molecular complexity index is 1530. The molecule has 3 aromatic rings. The molecule has 1 aliphatic carbocycles. The summed E-state index contributed by atoms with van der Waals surface area (Å²) in [6.07, 6.45) is -3.51. The van der Waals surface area contributed by atoms with Crippen LogP contribution in [0.4, 0.5) is 39.4 Å². The summed E-state index contributed by atoms with van der Waals surface area (Å²) in [7, 11) is 0. The third-order valence-corrected chi connectivity index (χ3v) is 8.46. The summed E-state index contributed by atoms with van der Waals surface area (Å²) in [5.74, 6) is -2.21. The summed E-state index contributed by atoms with van der Waals surface area (Å²) >= 11 is 0. The molecule has 220 valence electrons. The number of halogens is 5. The van der Waals surface area contributed by atoms with Crippen molar-refractivity contribution in [3.63, 3.8) is 0 Å². The van der Waals surface area contributed by atoms with Crippen LogP contribution < -0.4 is 26.0 Å². The fourth-order valence-electron chi connectivity index (χ4n) is 5.98. The molecule has 3 unspecified atom stereocenters. The fourth-order valence-corrected chi connectivity index (χ4v) is 5.98. The first-order valence-electron chi connectivity index (χ1n) is 13.6. The lowest BCUT2D eigenvalue weighted by Gasteiger charge is -2.61. The van der Waals surface area contributed by atoms with E-state index in [2.05, 4.69) is 25.6 Å². The van der Waals surface area contributed by atoms with Crippen LogP contribution in [0.1, 0.15) is 43.7 Å². The number of aliphatic hydroxyl groups excluding tert-OH is 1. The van der Waals surface area contributed by atoms with Crippen molar-refractivity contribution >= 4 is 28.4 Å². The van der Waals surface area contributed by atoms with Gasteiger partial charge in [-0.05, 0) is 57.7 Å². The highest BCUT2D eigenvalue weighted by Crippen LogP contribution is 2.50. The largest absolute Gasteiger partial charge is 0.474 e. The quantitative estimate of drug-likeness (QED) is 0.262. The molecule has 41 heavy (non-hydrogen) atoms. The Morgan fingerprint density at radius 1 is 1.10 bits per heavy atom. The number of nitrogens with two attached hydrogens (primary N) is 1. The van der Waals surface area contributed by atoms with Crippen LogP contribution >= 0.6 is 0 Å². The van der Waals surface area contributed by atoms with Crippen LogP contribution in [-0.4, -0.2) is 64.0 Å². The average molecular weight is 580 g/mol. The summed E-state index contributed by atoms with van der Waals surface area (Å²) in [4.78, 5) is 15.2. The minimum absolute atomic E-state index is 0.0767. The molecule has 5 N–H and O–H groups in total. The van der Waals surface area contributed by atoms with Gasteiger partial charge in [0.2, 0.25) is 11.8 Å². The third kappa shape index (κ3) is 4.38. The first-order valence-corrected chi connectivity index (χ1v) is 13.6. The Hall–Kier alpha value is -3.52. The highest BCUT2D eigenvalue weighted by atomic mass is 19.4. The Labute approximate surface area is 232 Å². The van der Waals surface area contributed by atoms with Crippen molar-refractivity contribution in [3.8, 4) is 17.1 Å². The minimum atomic E-state index is -5.04. The Balaban J connectivity index is 1.64. The zero-order valence-electron chi connectivity index (χ0n) is 22.5. The highest BCUT2D eigenvalue weighted by Gasteiger charge is 2.57. The zero-order valence-corrected chi connectivity index (χ0v) is 22.5. The molecule has 1 saturated heterocycles. The van der Waals surface area contributed by atoms with E-state index in [4.69, 9.17) is 10.5 Å². The molecule has 0 radical (unpaired) electrons. The van der Waals surface area contributed by atoms with Crippen molar-refractivity contribution in [2.45, 2.75) is 63.5 Å². The molecule has 14 heteroatoms. The van der Waals surface area contributed by atoms with E-state index in [1.807, 2.05) is 4.90 Å². The first-order chi connectivity index (χ1) is 19.4. The van der Waals surface area contributed by atoms with Gasteiger partial charge in [0, 0.05) is 25.2 Å². The van der Waals surface area contributed by atoms with Crippen LogP contribution in [0.15, 0.2) is 6.07 Å². The van der Waals surface area contributed by atoms with E-state index in [0.717, 1.165) is 13.0 Å². The van der Waals surface area contributed by atoms with E-state index in [0.29, 0.717) is 51.9 Å². The molecule has 0 bridgehead atoms. The number of hydrogen-bond acceptors (Lipinski definition) is 9. The number of alkyl halides is 3. The number of nitrogen functional groups attached to an aromatic ring is 1. The molecule has 2 fully saturated rings. The van der Waals surface area contributed by atoms with Crippen molar-refractivity contribution < 1.29 is 31.8 Å². The molecule has 9 nitrogen and oxygen atoms in total. The lowest BCUT2D eigenvalue weighted by atomic mass is 9.65. The van der Waals surface area contributed by atoms with Crippen molar-refractivity contribution in [1.29, 1.82) is 0 Å². The lowest BCUT2D eigenvalue weighted by molar-refractivity contribution is -0.137. The number of anilines is 3. The van der Waals surface area contributed by atoms with Crippen molar-refractivity contribution in [1.82, 2.24) is 20.3 Å². The summed E-state index contributed by atoms with van der Waals surface area (Å²) < 4.78 is 79.9. The van der Waals surface area contributed by atoms with Gasteiger partial charge in [0.25, 0.3) is 0 Å². The van der Waals surface area contributed by atoms with Crippen LogP contribution in [0.5, 0.6) is 5.88 Å². The van der Waals surface area contributed by atoms with Gasteiger partial charge in [0.1, 0.15) is 28.2 Å². The van der Waals surface area contributed by atoms with Crippen LogP contribution in [0.2, 0.25) is 0 Å². The first kappa shape index (κ1) is 27.6. The number of nitrogens with one attached hydrogen (secondary N) is 2. The Morgan fingerprint density at radius 3 is 2.51 bits per heavy atom. The average Bonchev–Trinajstić information content (AvgIpc) is 2.91. The molecule has 2 aliphatic heterocycles. The van der Waals surface area contributed by atoms with Crippen molar-refractivity contribution in [2.24, 2.45) is 0 Å². The van der Waals surface area contributed by atoms with Crippen LogP contribution in [0, 0.1) is 18.6 Å². The minimum Gasteiger partial charge on any atom is -0.474 e. The number of aromatic nitrogens is 3. The Kier molecular flexibility index (Phi) is 6.60. The lowest BCUT2D eigenvalue weighted by Crippen LogP contribution is -2.72. The number of rotatable bonds is 2. The Morgan fingerprint density at radius 2 is 1.88 bits per heavy atom. The van der Waals surface area contributed by atoms with Crippen LogP contribution in [-0.2, 0) is 6.18 Å². The van der Waals surface area contributed by atoms with E-state index >= 15 is 4.39 Å². The van der Waals surface area contributed by atoms with Gasteiger partial charge in [-0.3, -0.25) is 0 Å². The van der Waals surface area contributed by atoms with E-state index < -0.39 is 63.6 Å². The maximum atomic E-state index is 16.5. The zero-order chi connectivity index (χ0) is 29.3. The third-order valence-electron chi connectivity index (χ3n) is 8.46. The summed E-state index contributed by atoms with van der Waals surface area (Å²) in [6, 6.07) is 0.740. The molecular formula is C27H30F5N7O2. The van der Waals surface area contributed by atoms with E-state index in [9.17, 15) is 22.7 Å². The number of nitrogens with zero attached hydrogens (tertiary/aromatic N) is 4. The van der Waals surface area contributed by atoms with Gasteiger partial charge in [-0.1, -0.05) is 0 Å². The number of benzene rings is 1. The number of aliphatic hydroxyl groups is 1. The van der Waals surface area contributed by atoms with Crippen LogP contribution in [0.25, 0.3) is 22.2 Å². The number of hydrogen-bond donors (Lipinski definition) is 4. The van der Waals surface area contributed by atoms with Gasteiger partial charge in [-0.15, -0.1) is 0 Å². The topological polar surface area (TPSA) is 121 Å². The van der Waals surface area contributed by atoms with E-state index in [-0.39, 0.29) is 28.5 Å². The SMILES string of the molecule is Cc1c(F)c(N)cc(-c2nc3c4c(nc(N5CCC56CCC6O)nc4c2F)NCCNCCC(C)O3)c1C(F)(F)F. The van der Waals surface area contributed by atoms with Crippen LogP contribution in [0.3, 0.4) is 0 Å². The van der Waals surface area contributed by atoms with Gasteiger partial charge in [0.05, 0.1) is 29.0 Å². The van der Waals surface area contributed by atoms with Crippen molar-refractivity contribution in [2.75, 3.05) is 42.1 Å². The highest BCUT2D eigenvalue weighted by molar-refractivity contribution is 5.97. The van der Waals surface area contributed by atoms with Gasteiger partial charge >= 0.3 is 6.18 Å². The molecule has 3 aliphatic rings. The molecule has 0 amide bonds. The predicted octanol–water partition coefficient (Wildman–Crippen LogP) is 4.16. The monoisotopic (exact) mass is 579 g/mol. The second kappa shape index (κ2) is 9.79. The number of pyridine rings is 1. The maximum Gasteiger partial charge on any atom is 0.417 e. The second-order valence-corrected chi connectivity index (χ2v) is 11.0. The smallest absolute Gasteiger partial charge is 0.417 e. The molecule has 1 spiro atoms. The van der Waals surface area contributed by atoms with Crippen molar-refractivity contribution in [3.05, 3.63) is 28.8 Å². The fraction of sp³-hybridized carbons (Fsp3) is 0.519. The predicted molar refractivity (Wildman–Crippen MR) is 143 cm³/mol.